The molecule has 0 heterocycles. The van der Waals surface area contributed by atoms with E-state index in [0.29, 0.717) is 11.7 Å². The van der Waals surface area contributed by atoms with Crippen LogP contribution in [-0.2, 0) is 4.79 Å². The van der Waals surface area contributed by atoms with Gasteiger partial charge in [0.15, 0.2) is 0 Å². The van der Waals surface area contributed by atoms with E-state index < -0.39 is 0 Å². The fourth-order valence-electron chi connectivity index (χ4n) is 3.87. The molecule has 12 heavy (non-hydrogen) atoms. The maximum atomic E-state index is 11.7. The Hall–Kier alpha value is -0.330. The molecule has 66 valence electrons. The Bertz CT molecular complexity index is 207. The van der Waals surface area contributed by atoms with Crippen LogP contribution in [0.1, 0.15) is 38.5 Å². The van der Waals surface area contributed by atoms with Crippen LogP contribution in [0.4, 0.5) is 0 Å². The lowest BCUT2D eigenvalue weighted by Gasteiger charge is -2.37. The summed E-state index contributed by atoms with van der Waals surface area (Å²) >= 11 is 0. The van der Waals surface area contributed by atoms with Crippen molar-refractivity contribution >= 4 is 5.78 Å². The molecule has 1 nitrogen and oxygen atoms in total. The highest BCUT2D eigenvalue weighted by atomic mass is 16.1. The lowest BCUT2D eigenvalue weighted by atomic mass is 9.68. The Morgan fingerprint density at radius 1 is 0.833 bits per heavy atom. The van der Waals surface area contributed by atoms with Gasteiger partial charge in [-0.05, 0) is 49.9 Å². The van der Waals surface area contributed by atoms with E-state index in [4.69, 9.17) is 0 Å². The molecule has 0 aliphatic heterocycles. The van der Waals surface area contributed by atoms with Crippen LogP contribution in [0.5, 0.6) is 0 Å². The van der Waals surface area contributed by atoms with Crippen LogP contribution < -0.4 is 0 Å². The van der Waals surface area contributed by atoms with Gasteiger partial charge in [-0.3, -0.25) is 4.79 Å². The molecular formula is C11H16O. The Labute approximate surface area is 73.5 Å². The van der Waals surface area contributed by atoms with E-state index in [1.165, 1.54) is 32.1 Å². The standard InChI is InChI=1S/C11H16O/c12-11-6-9-2-7-1-8(3-9)5-10(11)4-7/h7-10H,1-6H2. The molecule has 4 bridgehead atoms. The fourth-order valence-corrected chi connectivity index (χ4v) is 3.87. The van der Waals surface area contributed by atoms with Crippen molar-refractivity contribution in [3.63, 3.8) is 0 Å². The van der Waals surface area contributed by atoms with Crippen molar-refractivity contribution in [2.45, 2.75) is 38.5 Å². The second-order valence-corrected chi connectivity index (χ2v) is 5.14. The van der Waals surface area contributed by atoms with Gasteiger partial charge in [-0.15, -0.1) is 0 Å². The Morgan fingerprint density at radius 2 is 1.42 bits per heavy atom. The van der Waals surface area contributed by atoms with Gasteiger partial charge in [0.05, 0.1) is 0 Å². The van der Waals surface area contributed by atoms with Gasteiger partial charge >= 0.3 is 0 Å². The average molecular weight is 164 g/mol. The lowest BCUT2D eigenvalue weighted by molar-refractivity contribution is -0.123. The largest absolute Gasteiger partial charge is 0.299 e. The van der Waals surface area contributed by atoms with Gasteiger partial charge in [0.2, 0.25) is 0 Å². The van der Waals surface area contributed by atoms with Crippen molar-refractivity contribution in [1.82, 2.24) is 0 Å². The fraction of sp³-hybridized carbons (Fsp3) is 0.909. The molecule has 4 rings (SSSR count). The highest BCUT2D eigenvalue weighted by molar-refractivity contribution is 5.82. The topological polar surface area (TPSA) is 17.1 Å². The number of carbonyl (C=O) groups is 1. The molecule has 0 spiro atoms. The molecule has 0 aromatic carbocycles. The van der Waals surface area contributed by atoms with Gasteiger partial charge in [0.25, 0.3) is 0 Å². The van der Waals surface area contributed by atoms with Gasteiger partial charge in [-0.2, -0.15) is 0 Å². The van der Waals surface area contributed by atoms with Crippen molar-refractivity contribution in [3.05, 3.63) is 0 Å². The highest BCUT2D eigenvalue weighted by Gasteiger charge is 2.42. The zero-order valence-corrected chi connectivity index (χ0v) is 7.46. The Balaban J connectivity index is 1.95. The molecule has 0 aromatic rings. The molecule has 2 atom stereocenters. The van der Waals surface area contributed by atoms with Crippen molar-refractivity contribution in [3.8, 4) is 0 Å². The third kappa shape index (κ3) is 0.949. The van der Waals surface area contributed by atoms with Crippen LogP contribution in [0, 0.1) is 23.7 Å². The summed E-state index contributed by atoms with van der Waals surface area (Å²) in [5, 5.41) is 0. The zero-order valence-electron chi connectivity index (χ0n) is 7.46. The summed E-state index contributed by atoms with van der Waals surface area (Å²) in [6.07, 6.45) is 7.60. The van der Waals surface area contributed by atoms with Gasteiger partial charge in [-0.25, -0.2) is 0 Å². The Kier molecular flexibility index (Phi) is 1.38. The van der Waals surface area contributed by atoms with E-state index in [1.807, 2.05) is 0 Å². The molecule has 0 saturated heterocycles. The molecule has 4 aliphatic rings. The number of ketones is 1. The summed E-state index contributed by atoms with van der Waals surface area (Å²) in [7, 11) is 0. The van der Waals surface area contributed by atoms with E-state index >= 15 is 0 Å². The quantitative estimate of drug-likeness (QED) is 0.537. The minimum atomic E-state index is 0.487. The summed E-state index contributed by atoms with van der Waals surface area (Å²) in [5.41, 5.74) is 0. The van der Waals surface area contributed by atoms with E-state index in [0.717, 1.165) is 24.2 Å². The number of carbonyl (C=O) groups excluding carboxylic acids is 1. The Morgan fingerprint density at radius 3 is 2.08 bits per heavy atom. The molecule has 0 N–H and O–H groups in total. The van der Waals surface area contributed by atoms with Gasteiger partial charge < -0.3 is 0 Å². The number of rotatable bonds is 0. The predicted octanol–water partition coefficient (Wildman–Crippen LogP) is 2.40. The molecule has 0 radical (unpaired) electrons. The minimum absolute atomic E-state index is 0.487. The number of Topliss-reactive ketones (excluding diaryl/α,β-unsaturated/α-hetero) is 1. The maximum Gasteiger partial charge on any atom is 0.136 e. The van der Waals surface area contributed by atoms with E-state index in [-0.39, 0.29) is 0 Å². The number of fused-ring (bicyclic) bond motifs is 1. The van der Waals surface area contributed by atoms with Gasteiger partial charge in [0.1, 0.15) is 5.78 Å². The van der Waals surface area contributed by atoms with E-state index in [2.05, 4.69) is 0 Å². The lowest BCUT2D eigenvalue weighted by Crippen LogP contribution is -2.27. The predicted molar refractivity (Wildman–Crippen MR) is 46.7 cm³/mol. The number of hydrogen-bond donors (Lipinski definition) is 0. The van der Waals surface area contributed by atoms with Gasteiger partial charge in [0, 0.05) is 12.3 Å². The molecule has 4 aliphatic carbocycles. The van der Waals surface area contributed by atoms with Crippen LogP contribution >= 0.6 is 0 Å². The monoisotopic (exact) mass is 164 g/mol. The average Bonchev–Trinajstić information content (AvgIpc) is 2.16. The van der Waals surface area contributed by atoms with Crippen LogP contribution in [0.2, 0.25) is 0 Å². The highest BCUT2D eigenvalue weighted by Crippen LogP contribution is 2.49. The minimum Gasteiger partial charge on any atom is -0.299 e. The van der Waals surface area contributed by atoms with Gasteiger partial charge in [-0.1, -0.05) is 0 Å². The van der Waals surface area contributed by atoms with E-state index in [1.54, 1.807) is 0 Å². The maximum absolute atomic E-state index is 11.7. The SMILES string of the molecule is O=C1CC2CC3CC(C2)CC1C3. The summed E-state index contributed by atoms with van der Waals surface area (Å²) in [4.78, 5) is 11.7. The third-order valence-electron chi connectivity index (χ3n) is 4.18. The summed E-state index contributed by atoms with van der Waals surface area (Å²) in [6, 6.07) is 0. The van der Waals surface area contributed by atoms with Crippen LogP contribution in [-0.4, -0.2) is 5.78 Å². The normalized spacial score (nSPS) is 51.2. The van der Waals surface area contributed by atoms with E-state index in [9.17, 15) is 4.79 Å². The van der Waals surface area contributed by atoms with Crippen LogP contribution in [0.3, 0.4) is 0 Å². The van der Waals surface area contributed by atoms with Crippen molar-refractivity contribution in [2.24, 2.45) is 23.7 Å². The second-order valence-electron chi connectivity index (χ2n) is 5.14. The summed E-state index contributed by atoms with van der Waals surface area (Å²) < 4.78 is 0. The first-order chi connectivity index (χ1) is 5.81. The molecular weight excluding hydrogens is 148 g/mol. The third-order valence-corrected chi connectivity index (χ3v) is 4.18. The van der Waals surface area contributed by atoms with Crippen LogP contribution in [0.15, 0.2) is 0 Å². The second kappa shape index (κ2) is 2.34. The summed E-state index contributed by atoms with van der Waals surface area (Å²) in [5.74, 6) is 3.73. The first-order valence-corrected chi connectivity index (χ1v) is 5.34. The first kappa shape index (κ1) is 7.11. The van der Waals surface area contributed by atoms with Crippen molar-refractivity contribution < 1.29 is 4.79 Å². The first-order valence-electron chi connectivity index (χ1n) is 5.34. The molecule has 0 amide bonds. The molecule has 0 aromatic heterocycles. The molecule has 4 fully saturated rings. The zero-order chi connectivity index (χ0) is 8.13. The van der Waals surface area contributed by atoms with Crippen LogP contribution in [0.25, 0.3) is 0 Å². The number of hydrogen-bond acceptors (Lipinski definition) is 1. The van der Waals surface area contributed by atoms with Crippen molar-refractivity contribution in [1.29, 1.82) is 0 Å². The molecule has 4 saturated carbocycles. The molecule has 1 heteroatoms. The van der Waals surface area contributed by atoms with Crippen molar-refractivity contribution in [2.75, 3.05) is 0 Å². The summed E-state index contributed by atoms with van der Waals surface area (Å²) in [6.45, 7) is 0. The smallest absolute Gasteiger partial charge is 0.136 e. The molecule has 2 unspecified atom stereocenters.